The van der Waals surface area contributed by atoms with E-state index < -0.39 is 37.5 Å². The highest BCUT2D eigenvalue weighted by Gasteiger charge is 2.22. The van der Waals surface area contributed by atoms with Gasteiger partial charge in [-0.05, 0) is 12.1 Å². The number of hydrogen-bond donors (Lipinski definition) is 2. The Balaban J connectivity index is 2.93. The highest BCUT2D eigenvalue weighted by molar-refractivity contribution is 7.89. The molecule has 0 spiro atoms. The second-order valence-corrected chi connectivity index (χ2v) is 5.60. The lowest BCUT2D eigenvalue weighted by Gasteiger charge is -2.11. The minimum absolute atomic E-state index is 0.0773. The smallest absolute Gasteiger partial charge is 0.306 e. The van der Waals surface area contributed by atoms with Crippen molar-refractivity contribution in [3.05, 3.63) is 34.1 Å². The van der Waals surface area contributed by atoms with Crippen molar-refractivity contribution in [2.45, 2.75) is 11.0 Å². The molecule has 8 nitrogen and oxygen atoms in total. The molecule has 0 aliphatic carbocycles. The number of benzene rings is 1. The van der Waals surface area contributed by atoms with Crippen molar-refractivity contribution >= 4 is 15.7 Å². The van der Waals surface area contributed by atoms with Crippen molar-refractivity contribution in [3.63, 3.8) is 0 Å². The third-order valence-electron chi connectivity index (χ3n) is 2.29. The lowest BCUT2D eigenvalue weighted by atomic mass is 10.3. The van der Waals surface area contributed by atoms with Crippen molar-refractivity contribution in [2.75, 3.05) is 20.3 Å². The summed E-state index contributed by atoms with van der Waals surface area (Å²) >= 11 is 0. The standard InChI is InChI=1S/C10H13FN2O6S/c1-19-6-7(14)5-12-20(17,18)8-2-3-9(11)10(4-8)13(15)16/h2-4,7,12,14H,5-6H2,1H3. The van der Waals surface area contributed by atoms with Crippen molar-refractivity contribution in [3.8, 4) is 0 Å². The highest BCUT2D eigenvalue weighted by Crippen LogP contribution is 2.21. The average Bonchev–Trinajstić information content (AvgIpc) is 2.37. The van der Waals surface area contributed by atoms with Crippen molar-refractivity contribution in [2.24, 2.45) is 0 Å². The van der Waals surface area contributed by atoms with E-state index in [-0.39, 0.29) is 13.2 Å². The quantitative estimate of drug-likeness (QED) is 0.541. The van der Waals surface area contributed by atoms with Crippen molar-refractivity contribution in [1.82, 2.24) is 4.72 Å². The van der Waals surface area contributed by atoms with Crippen LogP contribution in [0.4, 0.5) is 10.1 Å². The van der Waals surface area contributed by atoms with Gasteiger partial charge in [-0.3, -0.25) is 10.1 Å². The van der Waals surface area contributed by atoms with Crippen LogP contribution < -0.4 is 4.72 Å². The third kappa shape index (κ3) is 4.20. The van der Waals surface area contributed by atoms with Gasteiger partial charge in [-0.1, -0.05) is 0 Å². The molecule has 0 heterocycles. The second-order valence-electron chi connectivity index (χ2n) is 3.83. The second kappa shape index (κ2) is 6.70. The lowest BCUT2D eigenvalue weighted by molar-refractivity contribution is -0.387. The van der Waals surface area contributed by atoms with Crippen LogP contribution in [0.3, 0.4) is 0 Å². The van der Waals surface area contributed by atoms with Crippen LogP contribution >= 0.6 is 0 Å². The monoisotopic (exact) mass is 308 g/mol. The van der Waals surface area contributed by atoms with E-state index in [0.29, 0.717) is 12.1 Å². The summed E-state index contributed by atoms with van der Waals surface area (Å²) in [6.45, 7) is -0.409. The molecule has 0 saturated heterocycles. The van der Waals surface area contributed by atoms with Crippen LogP contribution in [0.1, 0.15) is 0 Å². The van der Waals surface area contributed by atoms with Gasteiger partial charge in [0, 0.05) is 19.7 Å². The Hall–Kier alpha value is -1.62. The van der Waals surface area contributed by atoms with Crippen molar-refractivity contribution in [1.29, 1.82) is 0 Å². The van der Waals surface area contributed by atoms with E-state index in [9.17, 15) is 28.0 Å². The Bertz CT molecular complexity index is 591. The van der Waals surface area contributed by atoms with Crippen LogP contribution in [0, 0.1) is 15.9 Å². The lowest BCUT2D eigenvalue weighted by Crippen LogP contribution is -2.34. The number of rotatable bonds is 7. The first kappa shape index (κ1) is 16.4. The number of nitrogens with one attached hydrogen (secondary N) is 1. The van der Waals surface area contributed by atoms with Gasteiger partial charge >= 0.3 is 5.69 Å². The number of aliphatic hydroxyl groups excluding tert-OH is 1. The summed E-state index contributed by atoms with van der Waals surface area (Å²) < 4.78 is 43.4. The Morgan fingerprint density at radius 3 is 2.75 bits per heavy atom. The first-order valence-electron chi connectivity index (χ1n) is 5.38. The molecule has 0 bridgehead atoms. The largest absolute Gasteiger partial charge is 0.389 e. The SMILES string of the molecule is COCC(O)CNS(=O)(=O)c1ccc(F)c([N+](=O)[O-])c1. The minimum Gasteiger partial charge on any atom is -0.389 e. The fourth-order valence-corrected chi connectivity index (χ4v) is 2.43. The summed E-state index contributed by atoms with van der Waals surface area (Å²) in [6, 6.07) is 2.20. The Labute approximate surface area is 114 Å². The molecular weight excluding hydrogens is 295 g/mol. The summed E-state index contributed by atoms with van der Waals surface area (Å²) in [5, 5.41) is 19.9. The van der Waals surface area contributed by atoms with Crippen LogP contribution in [0.25, 0.3) is 0 Å². The zero-order valence-electron chi connectivity index (χ0n) is 10.4. The van der Waals surface area contributed by atoms with E-state index >= 15 is 0 Å². The fourth-order valence-electron chi connectivity index (χ4n) is 1.34. The Kier molecular flexibility index (Phi) is 5.51. The van der Waals surface area contributed by atoms with Crippen molar-refractivity contribution < 1.29 is 27.6 Å². The molecule has 0 aromatic heterocycles. The summed E-state index contributed by atoms with van der Waals surface area (Å²) in [5.41, 5.74) is -0.940. The van der Waals surface area contributed by atoms with E-state index in [1.807, 2.05) is 4.72 Å². The van der Waals surface area contributed by atoms with E-state index in [0.717, 1.165) is 6.07 Å². The topological polar surface area (TPSA) is 119 Å². The van der Waals surface area contributed by atoms with Crippen LogP contribution in [0.5, 0.6) is 0 Å². The molecule has 1 atom stereocenters. The maximum Gasteiger partial charge on any atom is 0.306 e. The molecule has 0 radical (unpaired) electrons. The van der Waals surface area contributed by atoms with E-state index in [1.54, 1.807) is 0 Å². The van der Waals surface area contributed by atoms with Gasteiger partial charge in [-0.25, -0.2) is 13.1 Å². The summed E-state index contributed by atoms with van der Waals surface area (Å²) in [5.74, 6) is -1.13. The maximum absolute atomic E-state index is 13.1. The number of nitro benzene ring substituents is 1. The van der Waals surface area contributed by atoms with Gasteiger partial charge in [-0.15, -0.1) is 0 Å². The number of methoxy groups -OCH3 is 1. The molecule has 1 aromatic carbocycles. The number of nitro groups is 1. The fraction of sp³-hybridized carbons (Fsp3) is 0.400. The Morgan fingerprint density at radius 2 is 2.20 bits per heavy atom. The number of halogens is 1. The molecule has 20 heavy (non-hydrogen) atoms. The summed E-state index contributed by atoms with van der Waals surface area (Å²) in [6.07, 6.45) is -1.06. The van der Waals surface area contributed by atoms with E-state index in [4.69, 9.17) is 0 Å². The molecule has 1 aromatic rings. The summed E-state index contributed by atoms with van der Waals surface area (Å²) in [7, 11) is -2.75. The molecule has 112 valence electrons. The molecule has 0 aliphatic heterocycles. The predicted octanol–water partition coefficient (Wildman–Crippen LogP) is 0.0195. The highest BCUT2D eigenvalue weighted by atomic mass is 32.2. The molecule has 0 fully saturated rings. The first-order chi connectivity index (χ1) is 9.27. The number of nitrogens with zero attached hydrogens (tertiary/aromatic N) is 1. The van der Waals surface area contributed by atoms with E-state index in [2.05, 4.69) is 4.74 Å². The van der Waals surface area contributed by atoms with Gasteiger partial charge in [-0.2, -0.15) is 4.39 Å². The third-order valence-corrected chi connectivity index (χ3v) is 3.71. The van der Waals surface area contributed by atoms with Gasteiger partial charge in [0.05, 0.1) is 22.5 Å². The van der Waals surface area contributed by atoms with Crippen LogP contribution in [0.2, 0.25) is 0 Å². The minimum atomic E-state index is -4.08. The van der Waals surface area contributed by atoms with Crippen LogP contribution in [-0.2, 0) is 14.8 Å². The molecule has 0 aliphatic rings. The maximum atomic E-state index is 13.1. The Morgan fingerprint density at radius 1 is 1.55 bits per heavy atom. The number of aliphatic hydroxyl groups is 1. The normalized spacial score (nSPS) is 13.2. The van der Waals surface area contributed by atoms with Crippen LogP contribution in [-0.4, -0.2) is 44.8 Å². The number of hydrogen-bond acceptors (Lipinski definition) is 6. The molecular formula is C10H13FN2O6S. The van der Waals surface area contributed by atoms with Crippen LogP contribution in [0.15, 0.2) is 23.1 Å². The molecule has 0 saturated carbocycles. The first-order valence-corrected chi connectivity index (χ1v) is 6.87. The predicted molar refractivity (Wildman–Crippen MR) is 66.1 cm³/mol. The average molecular weight is 308 g/mol. The van der Waals surface area contributed by atoms with Gasteiger partial charge in [0.25, 0.3) is 0 Å². The van der Waals surface area contributed by atoms with Gasteiger partial charge in [0.15, 0.2) is 0 Å². The van der Waals surface area contributed by atoms with E-state index in [1.165, 1.54) is 7.11 Å². The van der Waals surface area contributed by atoms with Gasteiger partial charge in [0.2, 0.25) is 15.8 Å². The molecule has 0 amide bonds. The molecule has 1 rings (SSSR count). The molecule has 2 N–H and O–H groups in total. The van der Waals surface area contributed by atoms with Gasteiger partial charge in [0.1, 0.15) is 0 Å². The van der Waals surface area contributed by atoms with Gasteiger partial charge < -0.3 is 9.84 Å². The number of sulfonamides is 1. The zero-order valence-corrected chi connectivity index (χ0v) is 11.3. The molecule has 10 heteroatoms. The number of ether oxygens (including phenoxy) is 1. The summed E-state index contributed by atoms with van der Waals surface area (Å²) in [4.78, 5) is 9.06. The zero-order chi connectivity index (χ0) is 15.3. The molecule has 1 unspecified atom stereocenters.